The van der Waals surface area contributed by atoms with Crippen LogP contribution < -0.4 is 10.6 Å². The minimum Gasteiger partial charge on any atom is -0.365 e. The molecule has 0 aliphatic carbocycles. The lowest BCUT2D eigenvalue weighted by atomic mass is 10.2. The number of anilines is 1. The second-order valence-electron chi connectivity index (χ2n) is 5.48. The first-order valence-electron chi connectivity index (χ1n) is 8.08. The molecule has 2 N–H and O–H groups in total. The van der Waals surface area contributed by atoms with Crippen molar-refractivity contribution in [2.45, 2.75) is 13.0 Å². The van der Waals surface area contributed by atoms with Crippen molar-refractivity contribution in [3.05, 3.63) is 84.1 Å². The highest BCUT2D eigenvalue weighted by Crippen LogP contribution is 2.13. The van der Waals surface area contributed by atoms with E-state index < -0.39 is 0 Å². The Bertz CT molecular complexity index is 808. The van der Waals surface area contributed by atoms with E-state index in [4.69, 9.17) is 0 Å². The molecule has 0 saturated carbocycles. The second kappa shape index (κ2) is 8.54. The van der Waals surface area contributed by atoms with Crippen LogP contribution in [0, 0.1) is 0 Å². The Balaban J connectivity index is 1.58. The molecule has 0 unspecified atom stereocenters. The number of nitrogens with zero attached hydrogens (tertiary/aromatic N) is 3. The molecular weight excluding hydrogens is 314 g/mol. The molecule has 3 heterocycles. The van der Waals surface area contributed by atoms with E-state index >= 15 is 0 Å². The van der Waals surface area contributed by atoms with Crippen molar-refractivity contribution < 1.29 is 4.79 Å². The summed E-state index contributed by atoms with van der Waals surface area (Å²) in [7, 11) is 0. The Kier molecular flexibility index (Phi) is 5.66. The SMILES string of the molecule is O=C(NCCc1cccnc1)c1cccnc1NCc1ccncc1. The summed E-state index contributed by atoms with van der Waals surface area (Å²) < 4.78 is 0. The minimum absolute atomic E-state index is 0.144. The van der Waals surface area contributed by atoms with Crippen LogP contribution in [0.1, 0.15) is 21.5 Å². The van der Waals surface area contributed by atoms with Gasteiger partial charge in [-0.05, 0) is 47.9 Å². The monoisotopic (exact) mass is 333 g/mol. The van der Waals surface area contributed by atoms with E-state index in [1.807, 2.05) is 24.3 Å². The summed E-state index contributed by atoms with van der Waals surface area (Å²) in [6, 6.07) is 11.2. The number of carbonyl (C=O) groups excluding carboxylic acids is 1. The van der Waals surface area contributed by atoms with Crippen molar-refractivity contribution in [1.82, 2.24) is 20.3 Å². The Morgan fingerprint density at radius 1 is 0.920 bits per heavy atom. The molecule has 0 radical (unpaired) electrons. The molecule has 3 aromatic rings. The van der Waals surface area contributed by atoms with Crippen LogP contribution >= 0.6 is 0 Å². The number of nitrogens with one attached hydrogen (secondary N) is 2. The third-order valence-corrected chi connectivity index (χ3v) is 3.68. The molecular formula is C19H19N5O. The maximum absolute atomic E-state index is 12.5. The van der Waals surface area contributed by atoms with Gasteiger partial charge in [0.2, 0.25) is 0 Å². The zero-order chi connectivity index (χ0) is 17.3. The van der Waals surface area contributed by atoms with Crippen molar-refractivity contribution in [2.24, 2.45) is 0 Å². The summed E-state index contributed by atoms with van der Waals surface area (Å²) in [6.07, 6.45) is 9.42. The molecule has 25 heavy (non-hydrogen) atoms. The molecule has 3 aromatic heterocycles. The standard InChI is InChI=1S/C19H19N5O/c25-19(23-12-7-15-3-1-8-21-13-15)17-4-2-9-22-18(17)24-14-16-5-10-20-11-6-16/h1-6,8-11,13H,7,12,14H2,(H,22,24)(H,23,25). The molecule has 0 saturated heterocycles. The van der Waals surface area contributed by atoms with E-state index in [1.54, 1.807) is 43.1 Å². The fourth-order valence-electron chi connectivity index (χ4n) is 2.38. The van der Waals surface area contributed by atoms with Crippen molar-refractivity contribution in [2.75, 3.05) is 11.9 Å². The zero-order valence-electron chi connectivity index (χ0n) is 13.7. The lowest BCUT2D eigenvalue weighted by molar-refractivity contribution is 0.0954. The molecule has 0 aliphatic rings. The van der Waals surface area contributed by atoms with Gasteiger partial charge in [-0.1, -0.05) is 6.07 Å². The summed E-state index contributed by atoms with van der Waals surface area (Å²) in [5.74, 6) is 0.424. The minimum atomic E-state index is -0.144. The topological polar surface area (TPSA) is 79.8 Å². The number of pyridine rings is 3. The lowest BCUT2D eigenvalue weighted by Crippen LogP contribution is -2.26. The molecule has 0 aliphatic heterocycles. The van der Waals surface area contributed by atoms with Crippen LogP contribution in [0.4, 0.5) is 5.82 Å². The molecule has 6 heteroatoms. The third-order valence-electron chi connectivity index (χ3n) is 3.68. The first-order chi connectivity index (χ1) is 12.3. The maximum Gasteiger partial charge on any atom is 0.255 e. The summed E-state index contributed by atoms with van der Waals surface area (Å²) in [4.78, 5) is 24.8. The Labute approximate surface area is 146 Å². The van der Waals surface area contributed by atoms with Gasteiger partial charge in [0.1, 0.15) is 5.82 Å². The fourth-order valence-corrected chi connectivity index (χ4v) is 2.38. The first kappa shape index (κ1) is 16.6. The maximum atomic E-state index is 12.5. The Hall–Kier alpha value is -3.28. The number of aromatic nitrogens is 3. The second-order valence-corrected chi connectivity index (χ2v) is 5.48. The third kappa shape index (κ3) is 4.84. The van der Waals surface area contributed by atoms with E-state index in [2.05, 4.69) is 25.6 Å². The number of hydrogen-bond donors (Lipinski definition) is 2. The number of carbonyl (C=O) groups is 1. The van der Waals surface area contributed by atoms with Crippen LogP contribution in [0.5, 0.6) is 0 Å². The normalized spacial score (nSPS) is 10.2. The number of hydrogen-bond acceptors (Lipinski definition) is 5. The number of rotatable bonds is 7. The van der Waals surface area contributed by atoms with Gasteiger partial charge in [-0.2, -0.15) is 0 Å². The van der Waals surface area contributed by atoms with Crippen molar-refractivity contribution in [1.29, 1.82) is 0 Å². The summed E-state index contributed by atoms with van der Waals surface area (Å²) in [5.41, 5.74) is 2.69. The largest absolute Gasteiger partial charge is 0.365 e. The van der Waals surface area contributed by atoms with Gasteiger partial charge in [-0.25, -0.2) is 4.98 Å². The van der Waals surface area contributed by atoms with Gasteiger partial charge >= 0.3 is 0 Å². The molecule has 126 valence electrons. The summed E-state index contributed by atoms with van der Waals surface area (Å²) >= 11 is 0. The van der Waals surface area contributed by atoms with Crippen molar-refractivity contribution >= 4 is 11.7 Å². The van der Waals surface area contributed by atoms with Gasteiger partial charge in [-0.15, -0.1) is 0 Å². The summed E-state index contributed by atoms with van der Waals surface area (Å²) in [6.45, 7) is 1.12. The van der Waals surface area contributed by atoms with Gasteiger partial charge in [0, 0.05) is 44.1 Å². The van der Waals surface area contributed by atoms with E-state index in [-0.39, 0.29) is 5.91 Å². The lowest BCUT2D eigenvalue weighted by Gasteiger charge is -2.11. The highest BCUT2D eigenvalue weighted by Gasteiger charge is 2.11. The Morgan fingerprint density at radius 2 is 1.76 bits per heavy atom. The molecule has 3 rings (SSSR count). The van der Waals surface area contributed by atoms with Crippen LogP contribution in [0.2, 0.25) is 0 Å². The van der Waals surface area contributed by atoms with Gasteiger partial charge in [0.25, 0.3) is 5.91 Å². The summed E-state index contributed by atoms with van der Waals surface area (Å²) in [5, 5.41) is 6.14. The molecule has 0 atom stereocenters. The zero-order valence-corrected chi connectivity index (χ0v) is 13.7. The highest BCUT2D eigenvalue weighted by molar-refractivity contribution is 5.98. The average Bonchev–Trinajstić information content (AvgIpc) is 2.68. The number of amides is 1. The van der Waals surface area contributed by atoms with Crippen LogP contribution in [-0.2, 0) is 13.0 Å². The van der Waals surface area contributed by atoms with E-state index in [1.165, 1.54) is 0 Å². The average molecular weight is 333 g/mol. The highest BCUT2D eigenvalue weighted by atomic mass is 16.1. The molecule has 0 fully saturated rings. The van der Waals surface area contributed by atoms with E-state index in [0.717, 1.165) is 17.5 Å². The van der Waals surface area contributed by atoms with Gasteiger partial charge in [0.05, 0.1) is 5.56 Å². The van der Waals surface area contributed by atoms with Crippen LogP contribution in [0.3, 0.4) is 0 Å². The van der Waals surface area contributed by atoms with E-state index in [0.29, 0.717) is 24.5 Å². The van der Waals surface area contributed by atoms with Crippen LogP contribution in [-0.4, -0.2) is 27.4 Å². The predicted octanol–water partition coefficient (Wildman–Crippen LogP) is 2.46. The first-order valence-corrected chi connectivity index (χ1v) is 8.08. The molecule has 1 amide bonds. The van der Waals surface area contributed by atoms with E-state index in [9.17, 15) is 4.79 Å². The van der Waals surface area contributed by atoms with Crippen LogP contribution in [0.15, 0.2) is 67.4 Å². The predicted molar refractivity (Wildman–Crippen MR) is 96.1 cm³/mol. The van der Waals surface area contributed by atoms with Gasteiger partial charge in [0.15, 0.2) is 0 Å². The fraction of sp³-hybridized carbons (Fsp3) is 0.158. The van der Waals surface area contributed by atoms with Crippen molar-refractivity contribution in [3.63, 3.8) is 0 Å². The van der Waals surface area contributed by atoms with Crippen molar-refractivity contribution in [3.8, 4) is 0 Å². The molecule has 0 spiro atoms. The quantitative estimate of drug-likeness (QED) is 0.694. The van der Waals surface area contributed by atoms with Gasteiger partial charge in [-0.3, -0.25) is 14.8 Å². The Morgan fingerprint density at radius 3 is 2.56 bits per heavy atom. The van der Waals surface area contributed by atoms with Crippen LogP contribution in [0.25, 0.3) is 0 Å². The molecule has 0 aromatic carbocycles. The smallest absolute Gasteiger partial charge is 0.255 e. The molecule has 6 nitrogen and oxygen atoms in total. The molecule has 0 bridgehead atoms. The van der Waals surface area contributed by atoms with Gasteiger partial charge < -0.3 is 10.6 Å².